The number of amides is 3. The van der Waals surface area contributed by atoms with Gasteiger partial charge in [-0.1, -0.05) is 12.1 Å². The molecule has 0 bridgehead atoms. The highest BCUT2D eigenvalue weighted by Gasteiger charge is 2.31. The summed E-state index contributed by atoms with van der Waals surface area (Å²) in [6.45, 7) is 2.94. The summed E-state index contributed by atoms with van der Waals surface area (Å²) < 4.78 is 0. The monoisotopic (exact) mass is 316 g/mol. The summed E-state index contributed by atoms with van der Waals surface area (Å²) in [5, 5.41) is 5.37. The van der Waals surface area contributed by atoms with E-state index in [1.165, 1.54) is 0 Å². The fourth-order valence-corrected chi connectivity index (χ4v) is 2.81. The van der Waals surface area contributed by atoms with Crippen LogP contribution in [0.4, 0.5) is 5.69 Å². The van der Waals surface area contributed by atoms with Crippen molar-refractivity contribution in [3.05, 3.63) is 29.8 Å². The number of nitrogens with one attached hydrogen (secondary N) is 2. The van der Waals surface area contributed by atoms with Gasteiger partial charge in [-0.3, -0.25) is 14.4 Å². The summed E-state index contributed by atoms with van der Waals surface area (Å²) in [7, 11) is 2.01. The number of hydrogen-bond donors (Lipinski definition) is 2. The van der Waals surface area contributed by atoms with Crippen molar-refractivity contribution >= 4 is 23.4 Å². The van der Waals surface area contributed by atoms with Gasteiger partial charge in [-0.2, -0.15) is 0 Å². The van der Waals surface area contributed by atoms with Gasteiger partial charge in [0.25, 0.3) is 5.91 Å². The SMILES string of the molecule is CN1CCN(C(=O)C[C@@H]2NC(=O)c3ccccc3NC2=O)CC1. The van der Waals surface area contributed by atoms with Crippen molar-refractivity contribution in [1.82, 2.24) is 15.1 Å². The summed E-state index contributed by atoms with van der Waals surface area (Å²) in [4.78, 5) is 40.8. The Morgan fingerprint density at radius 1 is 1.17 bits per heavy atom. The first-order valence-corrected chi connectivity index (χ1v) is 7.71. The number of piperazine rings is 1. The summed E-state index contributed by atoms with van der Waals surface area (Å²) in [5.74, 6) is -0.801. The van der Waals surface area contributed by atoms with Crippen LogP contribution in [0.1, 0.15) is 16.8 Å². The molecule has 1 fully saturated rings. The van der Waals surface area contributed by atoms with E-state index in [-0.39, 0.29) is 24.1 Å². The van der Waals surface area contributed by atoms with Crippen molar-refractivity contribution in [1.29, 1.82) is 0 Å². The third-order valence-corrected chi connectivity index (χ3v) is 4.29. The Morgan fingerprint density at radius 2 is 1.87 bits per heavy atom. The Kier molecular flexibility index (Phi) is 4.29. The Balaban J connectivity index is 1.68. The predicted molar refractivity (Wildman–Crippen MR) is 85.0 cm³/mol. The van der Waals surface area contributed by atoms with Gasteiger partial charge in [-0.05, 0) is 19.2 Å². The highest BCUT2D eigenvalue weighted by atomic mass is 16.2. The minimum atomic E-state index is -0.845. The number of para-hydroxylation sites is 1. The van der Waals surface area contributed by atoms with Crippen molar-refractivity contribution < 1.29 is 14.4 Å². The molecule has 0 spiro atoms. The van der Waals surface area contributed by atoms with Gasteiger partial charge in [-0.15, -0.1) is 0 Å². The number of likely N-dealkylation sites (N-methyl/N-ethyl adjacent to an activating group) is 1. The molecule has 122 valence electrons. The van der Waals surface area contributed by atoms with Crippen molar-refractivity contribution in [3.63, 3.8) is 0 Å². The van der Waals surface area contributed by atoms with Crippen LogP contribution in [0.2, 0.25) is 0 Å². The summed E-state index contributed by atoms with van der Waals surface area (Å²) in [6.07, 6.45) is -0.0186. The van der Waals surface area contributed by atoms with Gasteiger partial charge in [0.1, 0.15) is 6.04 Å². The van der Waals surface area contributed by atoms with Gasteiger partial charge in [0.2, 0.25) is 11.8 Å². The highest BCUT2D eigenvalue weighted by Crippen LogP contribution is 2.19. The lowest BCUT2D eigenvalue weighted by molar-refractivity contribution is -0.135. The summed E-state index contributed by atoms with van der Waals surface area (Å²) >= 11 is 0. The molecule has 1 aromatic carbocycles. The van der Waals surface area contributed by atoms with Crippen LogP contribution in [-0.4, -0.2) is 66.8 Å². The van der Waals surface area contributed by atoms with Gasteiger partial charge < -0.3 is 20.4 Å². The van der Waals surface area contributed by atoms with Crippen molar-refractivity contribution in [2.45, 2.75) is 12.5 Å². The van der Waals surface area contributed by atoms with Crippen LogP contribution in [-0.2, 0) is 9.59 Å². The smallest absolute Gasteiger partial charge is 0.254 e. The van der Waals surface area contributed by atoms with Crippen LogP contribution >= 0.6 is 0 Å². The minimum Gasteiger partial charge on any atom is -0.340 e. The molecule has 2 aliphatic rings. The first kappa shape index (κ1) is 15.5. The Morgan fingerprint density at radius 3 is 2.61 bits per heavy atom. The molecule has 0 aliphatic carbocycles. The van der Waals surface area contributed by atoms with Gasteiger partial charge in [0.05, 0.1) is 17.7 Å². The average Bonchev–Trinajstić information content (AvgIpc) is 2.65. The topological polar surface area (TPSA) is 81.8 Å². The fourth-order valence-electron chi connectivity index (χ4n) is 2.81. The van der Waals surface area contributed by atoms with E-state index in [9.17, 15) is 14.4 Å². The molecule has 2 heterocycles. The van der Waals surface area contributed by atoms with Crippen molar-refractivity contribution in [3.8, 4) is 0 Å². The molecule has 1 aromatic rings. The molecule has 0 aromatic heterocycles. The number of nitrogens with zero attached hydrogens (tertiary/aromatic N) is 2. The molecule has 7 nitrogen and oxygen atoms in total. The van der Waals surface area contributed by atoms with E-state index in [4.69, 9.17) is 0 Å². The lowest BCUT2D eigenvalue weighted by Crippen LogP contribution is -2.50. The molecule has 3 rings (SSSR count). The first-order chi connectivity index (χ1) is 11.0. The molecule has 23 heavy (non-hydrogen) atoms. The molecule has 2 aliphatic heterocycles. The van der Waals surface area contributed by atoms with E-state index in [0.29, 0.717) is 24.3 Å². The number of fused-ring (bicyclic) bond motifs is 1. The second-order valence-corrected chi connectivity index (χ2v) is 5.95. The molecular weight excluding hydrogens is 296 g/mol. The van der Waals surface area contributed by atoms with Crippen LogP contribution < -0.4 is 10.6 Å². The van der Waals surface area contributed by atoms with Crippen LogP contribution in [0.5, 0.6) is 0 Å². The highest BCUT2D eigenvalue weighted by molar-refractivity contribution is 6.10. The lowest BCUT2D eigenvalue weighted by Gasteiger charge is -2.33. The van der Waals surface area contributed by atoms with Gasteiger partial charge in [-0.25, -0.2) is 0 Å². The zero-order valence-electron chi connectivity index (χ0n) is 13.0. The van der Waals surface area contributed by atoms with E-state index in [1.807, 2.05) is 7.05 Å². The fraction of sp³-hybridized carbons (Fsp3) is 0.438. The van der Waals surface area contributed by atoms with E-state index in [2.05, 4.69) is 15.5 Å². The number of carbonyl (C=O) groups excluding carboxylic acids is 3. The van der Waals surface area contributed by atoms with E-state index >= 15 is 0 Å². The quantitative estimate of drug-likeness (QED) is 0.798. The molecule has 1 atom stereocenters. The van der Waals surface area contributed by atoms with E-state index in [1.54, 1.807) is 29.2 Å². The Hall–Kier alpha value is -2.41. The normalized spacial score (nSPS) is 22.0. The second kappa shape index (κ2) is 6.37. The molecule has 2 N–H and O–H groups in total. The largest absolute Gasteiger partial charge is 0.340 e. The number of anilines is 1. The Bertz CT molecular complexity index is 638. The van der Waals surface area contributed by atoms with Crippen molar-refractivity contribution in [2.24, 2.45) is 0 Å². The van der Waals surface area contributed by atoms with E-state index < -0.39 is 6.04 Å². The van der Waals surface area contributed by atoms with Crippen molar-refractivity contribution in [2.75, 3.05) is 38.5 Å². The van der Waals surface area contributed by atoms with Crippen LogP contribution in [0.25, 0.3) is 0 Å². The van der Waals surface area contributed by atoms with Crippen LogP contribution in [0, 0.1) is 0 Å². The van der Waals surface area contributed by atoms with Gasteiger partial charge >= 0.3 is 0 Å². The molecule has 0 radical (unpaired) electrons. The summed E-state index contributed by atoms with van der Waals surface area (Å²) in [5.41, 5.74) is 0.889. The average molecular weight is 316 g/mol. The number of benzene rings is 1. The standard InChI is InChI=1S/C16H20N4O3/c1-19-6-8-20(9-7-19)14(21)10-13-16(23)17-12-5-3-2-4-11(12)15(22)18-13/h2-5,13H,6-10H2,1H3,(H,17,23)(H,18,22)/t13-/m0/s1. The lowest BCUT2D eigenvalue weighted by atomic mass is 10.1. The maximum atomic E-state index is 12.4. The zero-order chi connectivity index (χ0) is 16.4. The number of carbonyl (C=O) groups is 3. The van der Waals surface area contributed by atoms with Crippen LogP contribution in [0.3, 0.4) is 0 Å². The van der Waals surface area contributed by atoms with Crippen LogP contribution in [0.15, 0.2) is 24.3 Å². The first-order valence-electron chi connectivity index (χ1n) is 7.71. The number of rotatable bonds is 2. The zero-order valence-corrected chi connectivity index (χ0v) is 13.0. The number of hydrogen-bond acceptors (Lipinski definition) is 4. The molecule has 1 saturated heterocycles. The maximum absolute atomic E-state index is 12.4. The Labute approximate surface area is 134 Å². The minimum absolute atomic E-state index is 0.0186. The predicted octanol–water partition coefficient (Wildman–Crippen LogP) is -0.0988. The molecular formula is C16H20N4O3. The third-order valence-electron chi connectivity index (χ3n) is 4.29. The maximum Gasteiger partial charge on any atom is 0.254 e. The molecule has 7 heteroatoms. The second-order valence-electron chi connectivity index (χ2n) is 5.95. The molecule has 3 amide bonds. The van der Waals surface area contributed by atoms with E-state index in [0.717, 1.165) is 13.1 Å². The summed E-state index contributed by atoms with van der Waals surface area (Å²) in [6, 6.07) is 5.97. The molecule has 0 unspecified atom stereocenters. The van der Waals surface area contributed by atoms with Gasteiger partial charge in [0, 0.05) is 26.2 Å². The molecule has 0 saturated carbocycles. The van der Waals surface area contributed by atoms with Gasteiger partial charge in [0.15, 0.2) is 0 Å². The third kappa shape index (κ3) is 3.34.